The van der Waals surface area contributed by atoms with Crippen molar-refractivity contribution >= 4 is 12.6 Å². The number of hydrogen-bond donors (Lipinski definition) is 1. The van der Waals surface area contributed by atoms with Crippen molar-refractivity contribution in [1.29, 1.82) is 0 Å². The fourth-order valence-electron chi connectivity index (χ4n) is 2.02. The predicted octanol–water partition coefficient (Wildman–Crippen LogP) is 4.87. The lowest BCUT2D eigenvalue weighted by molar-refractivity contribution is 0.238. The third-order valence-electron chi connectivity index (χ3n) is 3.43. The molecule has 0 amide bonds. The number of rotatable bonds is 12. The predicted molar refractivity (Wildman–Crippen MR) is 87.7 cm³/mol. The summed E-state index contributed by atoms with van der Waals surface area (Å²) in [5, 5.41) is 0. The summed E-state index contributed by atoms with van der Waals surface area (Å²) in [6.45, 7) is 13.2. The zero-order valence-corrected chi connectivity index (χ0v) is 14.0. The van der Waals surface area contributed by atoms with Gasteiger partial charge in [-0.15, -0.1) is 0 Å². The molecule has 0 unspecified atom stereocenters. The largest absolute Gasteiger partial charge is 0.303 e. The normalized spacial score (nSPS) is 12.0. The molecule has 0 bridgehead atoms. The van der Waals surface area contributed by atoms with E-state index >= 15 is 0 Å². The lowest BCUT2D eigenvalue weighted by Crippen LogP contribution is -2.28. The lowest BCUT2D eigenvalue weighted by atomic mass is 10.1. The zero-order valence-electron chi connectivity index (χ0n) is 13.1. The molecule has 0 saturated heterocycles. The Hall–Kier alpha value is 0.310. The van der Waals surface area contributed by atoms with Gasteiger partial charge in [-0.25, -0.2) is 0 Å². The van der Waals surface area contributed by atoms with Gasteiger partial charge in [0.2, 0.25) is 0 Å². The van der Waals surface area contributed by atoms with Gasteiger partial charge in [0.25, 0.3) is 0 Å². The number of nitrogens with zero attached hydrogens (tertiary/aromatic N) is 1. The molecular weight excluding hydrogens is 238 g/mol. The van der Waals surface area contributed by atoms with Gasteiger partial charge < -0.3 is 4.90 Å². The Morgan fingerprint density at radius 3 is 1.67 bits per heavy atom. The highest BCUT2D eigenvalue weighted by molar-refractivity contribution is 7.80. The van der Waals surface area contributed by atoms with Crippen molar-refractivity contribution in [2.75, 3.05) is 25.4 Å². The third-order valence-corrected chi connectivity index (χ3v) is 3.74. The monoisotopic (exact) mass is 273 g/mol. The molecule has 0 aromatic rings. The molecule has 0 aliphatic heterocycles. The summed E-state index contributed by atoms with van der Waals surface area (Å²) in [5.74, 6) is 2.70. The molecule has 0 heterocycles. The van der Waals surface area contributed by atoms with Crippen molar-refractivity contribution in [1.82, 2.24) is 4.90 Å². The van der Waals surface area contributed by atoms with Gasteiger partial charge in [0.1, 0.15) is 0 Å². The zero-order chi connectivity index (χ0) is 13.8. The molecule has 18 heavy (non-hydrogen) atoms. The first kappa shape index (κ1) is 18.3. The van der Waals surface area contributed by atoms with Gasteiger partial charge in [-0.1, -0.05) is 40.5 Å². The Balaban J connectivity index is 3.74. The summed E-state index contributed by atoms with van der Waals surface area (Å²) >= 11 is 4.26. The summed E-state index contributed by atoms with van der Waals surface area (Å²) in [5.41, 5.74) is 0. The Morgan fingerprint density at radius 2 is 1.22 bits per heavy atom. The molecule has 0 saturated carbocycles. The molecule has 2 heteroatoms. The van der Waals surface area contributed by atoms with Gasteiger partial charge in [0.05, 0.1) is 0 Å². The van der Waals surface area contributed by atoms with E-state index < -0.39 is 0 Å². The van der Waals surface area contributed by atoms with Crippen LogP contribution in [0.3, 0.4) is 0 Å². The van der Waals surface area contributed by atoms with Gasteiger partial charge in [-0.05, 0) is 62.9 Å². The minimum Gasteiger partial charge on any atom is -0.303 e. The van der Waals surface area contributed by atoms with Crippen LogP contribution in [0.15, 0.2) is 0 Å². The second-order valence-corrected chi connectivity index (χ2v) is 6.79. The average Bonchev–Trinajstić information content (AvgIpc) is 2.30. The highest BCUT2D eigenvalue weighted by Gasteiger charge is 2.07. The maximum Gasteiger partial charge on any atom is -0.00163 e. The number of thiol groups is 1. The molecule has 1 nitrogen and oxygen atoms in total. The minimum atomic E-state index is 0.829. The van der Waals surface area contributed by atoms with Gasteiger partial charge in [0, 0.05) is 0 Å². The summed E-state index contributed by atoms with van der Waals surface area (Å²) in [6, 6.07) is 0. The van der Waals surface area contributed by atoms with Crippen molar-refractivity contribution in [3.8, 4) is 0 Å². The number of hydrogen-bond acceptors (Lipinski definition) is 2. The van der Waals surface area contributed by atoms with Gasteiger partial charge in [-0.3, -0.25) is 0 Å². The van der Waals surface area contributed by atoms with Crippen LogP contribution in [-0.4, -0.2) is 30.3 Å². The Morgan fingerprint density at radius 1 is 0.722 bits per heavy atom. The molecule has 0 aromatic heterocycles. The molecule has 0 rings (SSSR count). The SMILES string of the molecule is CC(C)CCN(CCCCCCS)CCC(C)C. The topological polar surface area (TPSA) is 3.24 Å². The van der Waals surface area contributed by atoms with Crippen molar-refractivity contribution in [2.45, 2.75) is 66.2 Å². The van der Waals surface area contributed by atoms with Crippen LogP contribution in [0, 0.1) is 11.8 Å². The van der Waals surface area contributed by atoms with E-state index in [1.165, 1.54) is 58.2 Å². The summed E-state index contributed by atoms with van der Waals surface area (Å²) < 4.78 is 0. The third kappa shape index (κ3) is 12.8. The van der Waals surface area contributed by atoms with E-state index in [1.54, 1.807) is 0 Å². The Kier molecular flexibility index (Phi) is 12.6. The van der Waals surface area contributed by atoms with Crippen LogP contribution in [-0.2, 0) is 0 Å². The molecule has 110 valence electrons. The molecule has 0 aliphatic rings. The highest BCUT2D eigenvalue weighted by atomic mass is 32.1. The van der Waals surface area contributed by atoms with E-state index in [2.05, 4.69) is 45.2 Å². The fourth-order valence-corrected chi connectivity index (χ4v) is 2.24. The van der Waals surface area contributed by atoms with Crippen LogP contribution >= 0.6 is 12.6 Å². The lowest BCUT2D eigenvalue weighted by Gasteiger charge is -2.24. The molecule has 0 spiro atoms. The maximum atomic E-state index is 4.26. The van der Waals surface area contributed by atoms with E-state index in [1.807, 2.05) is 0 Å². The molecule has 0 N–H and O–H groups in total. The first-order valence-corrected chi connectivity index (χ1v) is 8.52. The van der Waals surface area contributed by atoms with Crippen LogP contribution in [0.5, 0.6) is 0 Å². The standard InChI is InChI=1S/C16H35NS/c1-15(2)9-12-17(13-10-16(3)4)11-7-5-6-8-14-18/h15-16,18H,5-14H2,1-4H3. The second kappa shape index (κ2) is 12.3. The molecule has 0 radical (unpaired) electrons. The average molecular weight is 274 g/mol. The minimum absolute atomic E-state index is 0.829. The Bertz CT molecular complexity index is 156. The first-order chi connectivity index (χ1) is 8.56. The fraction of sp³-hybridized carbons (Fsp3) is 1.00. The number of unbranched alkanes of at least 4 members (excludes halogenated alkanes) is 3. The van der Waals surface area contributed by atoms with Crippen LogP contribution in [0.2, 0.25) is 0 Å². The summed E-state index contributed by atoms with van der Waals surface area (Å²) in [4.78, 5) is 2.68. The van der Waals surface area contributed by atoms with E-state index in [4.69, 9.17) is 0 Å². The van der Waals surface area contributed by atoms with Crippen molar-refractivity contribution in [3.05, 3.63) is 0 Å². The Labute approximate surface area is 121 Å². The van der Waals surface area contributed by atoms with Crippen LogP contribution < -0.4 is 0 Å². The van der Waals surface area contributed by atoms with E-state index in [0.717, 1.165) is 17.6 Å². The first-order valence-electron chi connectivity index (χ1n) is 7.89. The van der Waals surface area contributed by atoms with Crippen molar-refractivity contribution in [2.24, 2.45) is 11.8 Å². The molecule has 0 aliphatic carbocycles. The molecule has 0 fully saturated rings. The summed E-state index contributed by atoms with van der Waals surface area (Å²) in [6.07, 6.45) is 8.06. The molecule has 0 atom stereocenters. The van der Waals surface area contributed by atoms with Gasteiger partial charge in [0.15, 0.2) is 0 Å². The van der Waals surface area contributed by atoms with Crippen molar-refractivity contribution < 1.29 is 0 Å². The smallest absolute Gasteiger partial charge is 0.00163 e. The van der Waals surface area contributed by atoms with Gasteiger partial charge >= 0.3 is 0 Å². The van der Waals surface area contributed by atoms with Crippen LogP contribution in [0.4, 0.5) is 0 Å². The second-order valence-electron chi connectivity index (χ2n) is 6.34. The van der Waals surface area contributed by atoms with E-state index in [0.29, 0.717) is 0 Å². The quantitative estimate of drug-likeness (QED) is 0.392. The van der Waals surface area contributed by atoms with Crippen LogP contribution in [0.25, 0.3) is 0 Å². The maximum absolute atomic E-state index is 4.26. The molecule has 0 aromatic carbocycles. The van der Waals surface area contributed by atoms with E-state index in [-0.39, 0.29) is 0 Å². The summed E-state index contributed by atoms with van der Waals surface area (Å²) in [7, 11) is 0. The highest BCUT2D eigenvalue weighted by Crippen LogP contribution is 2.09. The molecular formula is C16H35NS. The van der Waals surface area contributed by atoms with E-state index in [9.17, 15) is 0 Å². The van der Waals surface area contributed by atoms with Crippen molar-refractivity contribution in [3.63, 3.8) is 0 Å². The van der Waals surface area contributed by atoms with Crippen LogP contribution in [0.1, 0.15) is 66.2 Å². The van der Waals surface area contributed by atoms with Gasteiger partial charge in [-0.2, -0.15) is 12.6 Å².